The summed E-state index contributed by atoms with van der Waals surface area (Å²) in [6.07, 6.45) is 6.02. The van der Waals surface area contributed by atoms with Crippen LogP contribution in [0, 0.1) is 20.8 Å². The fourth-order valence-corrected chi connectivity index (χ4v) is 3.84. The van der Waals surface area contributed by atoms with Crippen molar-refractivity contribution in [3.05, 3.63) is 22.5 Å². The van der Waals surface area contributed by atoms with Crippen LogP contribution < -0.4 is 5.32 Å². The van der Waals surface area contributed by atoms with E-state index >= 15 is 0 Å². The Labute approximate surface area is 137 Å². The number of pyridine rings is 1. The zero-order valence-electron chi connectivity index (χ0n) is 14.6. The lowest BCUT2D eigenvalue weighted by Crippen LogP contribution is -2.32. The molecule has 1 fully saturated rings. The quantitative estimate of drug-likeness (QED) is 0.944. The van der Waals surface area contributed by atoms with Gasteiger partial charge in [-0.1, -0.05) is 12.8 Å². The summed E-state index contributed by atoms with van der Waals surface area (Å²) in [4.78, 5) is 16.9. The molecule has 1 aliphatic rings. The first kappa shape index (κ1) is 16.0. The number of hydrogen-bond acceptors (Lipinski definition) is 3. The Morgan fingerprint density at radius 2 is 1.91 bits per heavy atom. The minimum absolute atomic E-state index is 0.165. The van der Waals surface area contributed by atoms with Gasteiger partial charge >= 0.3 is 0 Å². The average Bonchev–Trinajstić information content (AvgIpc) is 3.07. The summed E-state index contributed by atoms with van der Waals surface area (Å²) in [5.74, 6) is 0.165. The van der Waals surface area contributed by atoms with E-state index in [9.17, 15) is 4.79 Å². The van der Waals surface area contributed by atoms with Crippen LogP contribution in [0.1, 0.15) is 54.6 Å². The van der Waals surface area contributed by atoms with E-state index in [1.165, 1.54) is 24.0 Å². The van der Waals surface area contributed by atoms with E-state index in [0.29, 0.717) is 12.5 Å². The third-order valence-electron chi connectivity index (χ3n) is 5.05. The van der Waals surface area contributed by atoms with Crippen LogP contribution in [0.4, 0.5) is 0 Å². The number of amides is 1. The number of hydrogen-bond donors (Lipinski definition) is 1. The number of rotatable bonds is 4. The molecule has 1 aliphatic carbocycles. The molecule has 124 valence electrons. The molecule has 1 saturated carbocycles. The minimum Gasteiger partial charge on any atom is -0.353 e. The topological polar surface area (TPSA) is 59.8 Å². The zero-order chi connectivity index (χ0) is 16.6. The average molecular weight is 314 g/mol. The van der Waals surface area contributed by atoms with Crippen LogP contribution in [-0.2, 0) is 18.3 Å². The molecule has 0 radical (unpaired) electrons. The molecular formula is C18H26N4O. The lowest BCUT2D eigenvalue weighted by Gasteiger charge is -2.14. The summed E-state index contributed by atoms with van der Waals surface area (Å²) >= 11 is 0. The lowest BCUT2D eigenvalue weighted by atomic mass is 9.99. The van der Waals surface area contributed by atoms with Gasteiger partial charge in [-0.25, -0.2) is 4.98 Å². The molecule has 2 aromatic rings. The highest BCUT2D eigenvalue weighted by Gasteiger charge is 2.19. The largest absolute Gasteiger partial charge is 0.353 e. The molecule has 0 saturated heterocycles. The fraction of sp³-hybridized carbons (Fsp3) is 0.611. The Bertz CT molecular complexity index is 741. The van der Waals surface area contributed by atoms with Crippen molar-refractivity contribution in [2.75, 3.05) is 0 Å². The molecule has 2 heterocycles. The van der Waals surface area contributed by atoms with Crippen molar-refractivity contribution >= 4 is 16.9 Å². The molecule has 0 spiro atoms. The van der Waals surface area contributed by atoms with Gasteiger partial charge in [0.15, 0.2) is 5.65 Å². The van der Waals surface area contributed by atoms with Crippen LogP contribution in [-0.4, -0.2) is 26.7 Å². The number of carbonyl (C=O) groups is 1. The van der Waals surface area contributed by atoms with Gasteiger partial charge in [0.25, 0.3) is 0 Å². The van der Waals surface area contributed by atoms with E-state index in [2.05, 4.69) is 17.3 Å². The van der Waals surface area contributed by atoms with Gasteiger partial charge in [-0.3, -0.25) is 9.48 Å². The van der Waals surface area contributed by atoms with E-state index in [4.69, 9.17) is 4.98 Å². The van der Waals surface area contributed by atoms with Crippen molar-refractivity contribution < 1.29 is 4.79 Å². The van der Waals surface area contributed by atoms with E-state index in [1.54, 1.807) is 0 Å². The minimum atomic E-state index is 0.165. The second kappa shape index (κ2) is 6.30. The second-order valence-corrected chi connectivity index (χ2v) is 6.76. The molecule has 23 heavy (non-hydrogen) atoms. The first-order valence-corrected chi connectivity index (χ1v) is 8.56. The SMILES string of the molecule is Cc1nc2c(c(C)nn2C)c(C)c1CCC(=O)NC1CCCC1. The van der Waals surface area contributed by atoms with Crippen LogP contribution >= 0.6 is 0 Å². The highest BCUT2D eigenvalue weighted by molar-refractivity contribution is 5.84. The van der Waals surface area contributed by atoms with E-state index in [-0.39, 0.29) is 5.91 Å². The van der Waals surface area contributed by atoms with Crippen LogP contribution in [0.15, 0.2) is 0 Å². The van der Waals surface area contributed by atoms with Crippen LogP contribution in [0.2, 0.25) is 0 Å². The summed E-state index contributed by atoms with van der Waals surface area (Å²) in [6.45, 7) is 6.16. The monoisotopic (exact) mass is 314 g/mol. The number of nitrogens with zero attached hydrogens (tertiary/aromatic N) is 3. The molecule has 0 atom stereocenters. The highest BCUT2D eigenvalue weighted by atomic mass is 16.1. The molecule has 0 bridgehead atoms. The predicted molar refractivity (Wildman–Crippen MR) is 91.4 cm³/mol. The lowest BCUT2D eigenvalue weighted by molar-refractivity contribution is -0.121. The van der Waals surface area contributed by atoms with Gasteiger partial charge < -0.3 is 5.32 Å². The summed E-state index contributed by atoms with van der Waals surface area (Å²) in [7, 11) is 1.93. The van der Waals surface area contributed by atoms with Crippen LogP contribution in [0.5, 0.6) is 0 Å². The Morgan fingerprint density at radius 1 is 1.22 bits per heavy atom. The molecular weight excluding hydrogens is 288 g/mol. The van der Waals surface area contributed by atoms with Gasteiger partial charge in [-0.15, -0.1) is 0 Å². The molecule has 1 amide bonds. The maximum absolute atomic E-state index is 12.2. The number of carbonyl (C=O) groups excluding carboxylic acids is 1. The smallest absolute Gasteiger partial charge is 0.220 e. The van der Waals surface area contributed by atoms with E-state index < -0.39 is 0 Å². The first-order valence-electron chi connectivity index (χ1n) is 8.56. The van der Waals surface area contributed by atoms with E-state index in [1.807, 2.05) is 25.6 Å². The van der Waals surface area contributed by atoms with Gasteiger partial charge in [-0.2, -0.15) is 5.10 Å². The molecule has 1 N–H and O–H groups in total. The van der Waals surface area contributed by atoms with Crippen molar-refractivity contribution in [3.63, 3.8) is 0 Å². The first-order chi connectivity index (χ1) is 11.0. The van der Waals surface area contributed by atoms with Gasteiger partial charge in [0.05, 0.1) is 5.69 Å². The zero-order valence-corrected chi connectivity index (χ0v) is 14.6. The van der Waals surface area contributed by atoms with Gasteiger partial charge in [0, 0.05) is 30.6 Å². The Kier molecular flexibility index (Phi) is 4.37. The third-order valence-corrected chi connectivity index (χ3v) is 5.05. The maximum Gasteiger partial charge on any atom is 0.220 e. The van der Waals surface area contributed by atoms with E-state index in [0.717, 1.165) is 41.7 Å². The molecule has 5 heteroatoms. The third kappa shape index (κ3) is 3.09. The van der Waals surface area contributed by atoms with Crippen molar-refractivity contribution in [2.24, 2.45) is 7.05 Å². The Hall–Kier alpha value is -1.91. The summed E-state index contributed by atoms with van der Waals surface area (Å²) < 4.78 is 1.83. The number of aromatic nitrogens is 3. The molecule has 0 aliphatic heterocycles. The van der Waals surface area contributed by atoms with Crippen molar-refractivity contribution in [3.8, 4) is 0 Å². The van der Waals surface area contributed by atoms with Crippen molar-refractivity contribution in [1.29, 1.82) is 0 Å². The van der Waals surface area contributed by atoms with Crippen LogP contribution in [0.25, 0.3) is 11.0 Å². The van der Waals surface area contributed by atoms with Crippen molar-refractivity contribution in [1.82, 2.24) is 20.1 Å². The Morgan fingerprint density at radius 3 is 2.61 bits per heavy atom. The fourth-order valence-electron chi connectivity index (χ4n) is 3.84. The maximum atomic E-state index is 12.2. The molecule has 0 aromatic carbocycles. The van der Waals surface area contributed by atoms with Crippen LogP contribution in [0.3, 0.4) is 0 Å². The summed E-state index contributed by atoms with van der Waals surface area (Å²) in [5, 5.41) is 8.77. The summed E-state index contributed by atoms with van der Waals surface area (Å²) in [6, 6.07) is 0.394. The molecule has 2 aromatic heterocycles. The second-order valence-electron chi connectivity index (χ2n) is 6.76. The standard InChI is InChI=1S/C18H26N4O/c1-11-15(9-10-16(23)20-14-7-5-6-8-14)12(2)19-18-17(11)13(3)21-22(18)4/h14H,5-10H2,1-4H3,(H,20,23). The molecule has 3 rings (SSSR count). The summed E-state index contributed by atoms with van der Waals surface area (Å²) in [5.41, 5.74) is 5.34. The predicted octanol–water partition coefficient (Wildman–Crippen LogP) is 2.88. The normalized spacial score (nSPS) is 15.5. The Balaban J connectivity index is 1.77. The van der Waals surface area contributed by atoms with Gasteiger partial charge in [-0.05, 0) is 51.2 Å². The van der Waals surface area contributed by atoms with Crippen molar-refractivity contribution in [2.45, 2.75) is 65.3 Å². The number of fused-ring (bicyclic) bond motifs is 1. The number of aryl methyl sites for hydroxylation is 4. The number of nitrogens with one attached hydrogen (secondary N) is 1. The van der Waals surface area contributed by atoms with Gasteiger partial charge in [0.2, 0.25) is 5.91 Å². The molecule has 0 unspecified atom stereocenters. The van der Waals surface area contributed by atoms with Gasteiger partial charge in [0.1, 0.15) is 0 Å². The molecule has 5 nitrogen and oxygen atoms in total. The highest BCUT2D eigenvalue weighted by Crippen LogP contribution is 2.26.